The first-order valence-electron chi connectivity index (χ1n) is 9.82. The zero-order chi connectivity index (χ0) is 18.1. The molecule has 1 aliphatic heterocycles. The van der Waals surface area contributed by atoms with Crippen LogP contribution in [0.4, 0.5) is 0 Å². The molecule has 0 bridgehead atoms. The largest absolute Gasteiger partial charge is 0.359 e. The smallest absolute Gasteiger partial charge is 0.191 e. The van der Waals surface area contributed by atoms with Crippen LogP contribution in [-0.4, -0.2) is 48.7 Å². The second kappa shape index (κ2) is 10.4. The van der Waals surface area contributed by atoms with Crippen LogP contribution in [0.25, 0.3) is 0 Å². The summed E-state index contributed by atoms with van der Waals surface area (Å²) < 4.78 is 5.37. The van der Waals surface area contributed by atoms with Crippen LogP contribution in [0.15, 0.2) is 15.6 Å². The van der Waals surface area contributed by atoms with Gasteiger partial charge in [-0.3, -0.25) is 0 Å². The minimum Gasteiger partial charge on any atom is -0.359 e. The Labute approximate surface area is 152 Å². The van der Waals surface area contributed by atoms with Crippen molar-refractivity contribution >= 4 is 5.96 Å². The molecule has 0 aliphatic carbocycles. The van der Waals surface area contributed by atoms with Gasteiger partial charge in [-0.15, -0.1) is 0 Å². The monoisotopic (exact) mass is 349 g/mol. The fraction of sp³-hybridized carbons (Fsp3) is 0.789. The predicted octanol–water partition coefficient (Wildman–Crippen LogP) is 2.98. The molecule has 2 N–H and O–H groups in total. The minimum atomic E-state index is 0.381. The number of hydrogen-bond acceptors (Lipinski definition) is 4. The van der Waals surface area contributed by atoms with Gasteiger partial charge in [-0.25, -0.2) is 4.99 Å². The zero-order valence-corrected chi connectivity index (χ0v) is 16.3. The molecule has 1 saturated heterocycles. The molecular formula is C19H35N5O. The molecule has 0 amide bonds. The van der Waals surface area contributed by atoms with E-state index in [2.05, 4.69) is 53.4 Å². The topological polar surface area (TPSA) is 65.7 Å². The van der Waals surface area contributed by atoms with Gasteiger partial charge in [0, 0.05) is 19.2 Å². The van der Waals surface area contributed by atoms with E-state index >= 15 is 0 Å². The molecule has 0 aromatic carbocycles. The van der Waals surface area contributed by atoms with E-state index in [1.54, 1.807) is 0 Å². The summed E-state index contributed by atoms with van der Waals surface area (Å²) in [5, 5.41) is 10.9. The standard InChI is InChI=1S/C19H35N5O/c1-5-9-24-10-7-16(8-11-24)13-21-19(20-6-2)22-14-17-12-18(15(3)4)23-25-17/h12,15-16H,5-11,13-14H2,1-4H3,(H2,20,21,22). The number of hydrogen-bond donors (Lipinski definition) is 2. The molecule has 6 heteroatoms. The second-order valence-electron chi connectivity index (χ2n) is 7.23. The van der Waals surface area contributed by atoms with Gasteiger partial charge in [0.15, 0.2) is 11.7 Å². The first-order chi connectivity index (χ1) is 12.1. The van der Waals surface area contributed by atoms with Crippen LogP contribution >= 0.6 is 0 Å². The molecule has 0 atom stereocenters. The summed E-state index contributed by atoms with van der Waals surface area (Å²) in [5.41, 5.74) is 0.988. The third-order valence-electron chi connectivity index (χ3n) is 4.71. The summed E-state index contributed by atoms with van der Waals surface area (Å²) >= 11 is 0. The number of aromatic nitrogens is 1. The molecule has 1 fully saturated rings. The molecule has 142 valence electrons. The lowest BCUT2D eigenvalue weighted by Crippen LogP contribution is -2.43. The van der Waals surface area contributed by atoms with Crippen molar-refractivity contribution in [3.8, 4) is 0 Å². The highest BCUT2D eigenvalue weighted by Gasteiger charge is 2.18. The SMILES string of the molecule is CCCN1CCC(CNC(=NCc2cc(C(C)C)no2)NCC)CC1. The first kappa shape index (κ1) is 19.8. The molecule has 0 saturated carbocycles. The zero-order valence-electron chi connectivity index (χ0n) is 16.3. The van der Waals surface area contributed by atoms with Crippen LogP contribution in [-0.2, 0) is 6.54 Å². The average Bonchev–Trinajstić information content (AvgIpc) is 3.08. The Kier molecular flexibility index (Phi) is 8.25. The Bertz CT molecular complexity index is 518. The molecule has 1 aromatic rings. The van der Waals surface area contributed by atoms with Gasteiger partial charge < -0.3 is 20.1 Å². The van der Waals surface area contributed by atoms with Gasteiger partial charge in [0.25, 0.3) is 0 Å². The Morgan fingerprint density at radius 1 is 1.32 bits per heavy atom. The van der Waals surface area contributed by atoms with E-state index in [1.807, 2.05) is 6.07 Å². The maximum Gasteiger partial charge on any atom is 0.191 e. The van der Waals surface area contributed by atoms with Gasteiger partial charge in [0.1, 0.15) is 6.54 Å². The van der Waals surface area contributed by atoms with Gasteiger partial charge in [0.2, 0.25) is 0 Å². The number of rotatable bonds is 8. The summed E-state index contributed by atoms with van der Waals surface area (Å²) in [6, 6.07) is 2.00. The second-order valence-corrected chi connectivity index (χ2v) is 7.23. The van der Waals surface area contributed by atoms with E-state index in [0.717, 1.165) is 36.4 Å². The number of guanidine groups is 1. The van der Waals surface area contributed by atoms with E-state index in [9.17, 15) is 0 Å². The number of nitrogens with one attached hydrogen (secondary N) is 2. The van der Waals surface area contributed by atoms with Gasteiger partial charge in [-0.05, 0) is 57.7 Å². The maximum absolute atomic E-state index is 5.37. The summed E-state index contributed by atoms with van der Waals surface area (Å²) in [4.78, 5) is 7.21. The number of piperidine rings is 1. The maximum atomic E-state index is 5.37. The Hall–Kier alpha value is -1.56. The van der Waals surface area contributed by atoms with Crippen molar-refractivity contribution in [2.45, 2.75) is 59.4 Å². The number of likely N-dealkylation sites (tertiary alicyclic amines) is 1. The highest BCUT2D eigenvalue weighted by Crippen LogP contribution is 2.17. The van der Waals surface area contributed by atoms with Crippen LogP contribution in [0.1, 0.15) is 64.3 Å². The average molecular weight is 350 g/mol. The quantitative estimate of drug-likeness (QED) is 0.558. The number of aliphatic imine (C=N–C) groups is 1. The predicted molar refractivity (Wildman–Crippen MR) is 103 cm³/mol. The molecule has 0 spiro atoms. The van der Waals surface area contributed by atoms with Crippen LogP contribution in [0.3, 0.4) is 0 Å². The summed E-state index contributed by atoms with van der Waals surface area (Å²) in [5.74, 6) is 2.79. The van der Waals surface area contributed by atoms with E-state index < -0.39 is 0 Å². The van der Waals surface area contributed by atoms with E-state index in [-0.39, 0.29) is 0 Å². The molecule has 0 unspecified atom stereocenters. The van der Waals surface area contributed by atoms with E-state index in [4.69, 9.17) is 4.52 Å². The summed E-state index contributed by atoms with van der Waals surface area (Å²) in [7, 11) is 0. The molecule has 6 nitrogen and oxygen atoms in total. The Balaban J connectivity index is 1.79. The summed E-state index contributed by atoms with van der Waals surface area (Å²) in [6.07, 6.45) is 3.79. The summed E-state index contributed by atoms with van der Waals surface area (Å²) in [6.45, 7) is 14.6. The van der Waals surface area contributed by atoms with Crippen LogP contribution in [0.2, 0.25) is 0 Å². The van der Waals surface area contributed by atoms with Crippen molar-refractivity contribution in [2.24, 2.45) is 10.9 Å². The van der Waals surface area contributed by atoms with Crippen molar-refractivity contribution in [3.05, 3.63) is 17.5 Å². The highest BCUT2D eigenvalue weighted by atomic mass is 16.5. The van der Waals surface area contributed by atoms with E-state index in [1.165, 1.54) is 38.9 Å². The van der Waals surface area contributed by atoms with Gasteiger partial charge in [0.05, 0.1) is 5.69 Å². The third kappa shape index (κ3) is 6.69. The molecule has 1 aromatic heterocycles. The van der Waals surface area contributed by atoms with Crippen LogP contribution in [0.5, 0.6) is 0 Å². The molecule has 25 heavy (non-hydrogen) atoms. The molecule has 2 heterocycles. The highest BCUT2D eigenvalue weighted by molar-refractivity contribution is 5.79. The number of nitrogens with zero attached hydrogens (tertiary/aromatic N) is 3. The molecule has 0 radical (unpaired) electrons. The minimum absolute atomic E-state index is 0.381. The van der Waals surface area contributed by atoms with Crippen molar-refractivity contribution in [3.63, 3.8) is 0 Å². The molecular weight excluding hydrogens is 314 g/mol. The molecule has 2 rings (SSSR count). The van der Waals surface area contributed by atoms with Crippen LogP contribution in [0, 0.1) is 5.92 Å². The van der Waals surface area contributed by atoms with Crippen molar-refractivity contribution < 1.29 is 4.52 Å². The van der Waals surface area contributed by atoms with Gasteiger partial charge >= 0.3 is 0 Å². The van der Waals surface area contributed by atoms with Crippen molar-refractivity contribution in [1.29, 1.82) is 0 Å². The Morgan fingerprint density at radius 2 is 2.08 bits per heavy atom. The lowest BCUT2D eigenvalue weighted by atomic mass is 9.97. The van der Waals surface area contributed by atoms with Crippen molar-refractivity contribution in [2.75, 3.05) is 32.7 Å². The molecule has 1 aliphatic rings. The van der Waals surface area contributed by atoms with Crippen molar-refractivity contribution in [1.82, 2.24) is 20.7 Å². The lowest BCUT2D eigenvalue weighted by Gasteiger charge is -2.32. The fourth-order valence-electron chi connectivity index (χ4n) is 3.15. The lowest BCUT2D eigenvalue weighted by molar-refractivity contribution is 0.185. The van der Waals surface area contributed by atoms with Gasteiger partial charge in [-0.2, -0.15) is 0 Å². The third-order valence-corrected chi connectivity index (χ3v) is 4.71. The normalized spacial score (nSPS) is 17.2. The fourth-order valence-corrected chi connectivity index (χ4v) is 3.15. The first-order valence-corrected chi connectivity index (χ1v) is 9.82. The van der Waals surface area contributed by atoms with Crippen LogP contribution < -0.4 is 10.6 Å². The van der Waals surface area contributed by atoms with E-state index in [0.29, 0.717) is 12.5 Å². The Morgan fingerprint density at radius 3 is 2.68 bits per heavy atom. The van der Waals surface area contributed by atoms with Gasteiger partial charge in [-0.1, -0.05) is 25.9 Å².